The summed E-state index contributed by atoms with van der Waals surface area (Å²) in [4.78, 5) is 8.53. The van der Waals surface area contributed by atoms with Crippen LogP contribution in [0.15, 0.2) is 84.1 Å². The van der Waals surface area contributed by atoms with Crippen LogP contribution in [0.4, 0.5) is 18.9 Å². The summed E-state index contributed by atoms with van der Waals surface area (Å²) in [6.45, 7) is 0. The van der Waals surface area contributed by atoms with Crippen LogP contribution in [0.1, 0.15) is 5.56 Å². The molecule has 0 aliphatic heterocycles. The van der Waals surface area contributed by atoms with Gasteiger partial charge in [0.1, 0.15) is 11.0 Å². The van der Waals surface area contributed by atoms with Gasteiger partial charge in [-0.05, 0) is 42.0 Å². The first kappa shape index (κ1) is 19.1. The number of aromatic nitrogens is 2. The monoisotopic (exact) mass is 413 g/mol. The zero-order chi connectivity index (χ0) is 20.4. The first-order valence-corrected chi connectivity index (χ1v) is 9.72. The lowest BCUT2D eigenvalue weighted by atomic mass is 10.0. The van der Waals surface area contributed by atoms with Crippen LogP contribution in [-0.4, -0.2) is 14.2 Å². The Bertz CT molecular complexity index is 1200. The molecule has 0 aliphatic rings. The van der Waals surface area contributed by atoms with Gasteiger partial charge >= 0.3 is 6.18 Å². The number of anilines is 1. The van der Waals surface area contributed by atoms with Crippen molar-refractivity contribution in [3.8, 4) is 11.1 Å². The van der Waals surface area contributed by atoms with Gasteiger partial charge in [-0.2, -0.15) is 13.2 Å². The fourth-order valence-electron chi connectivity index (χ4n) is 2.98. The number of fused-ring (bicyclic) bond motifs is 1. The second-order valence-electron chi connectivity index (χ2n) is 6.20. The lowest BCUT2D eigenvalue weighted by molar-refractivity contribution is -0.137. The van der Waals surface area contributed by atoms with Crippen molar-refractivity contribution < 1.29 is 17.4 Å². The van der Waals surface area contributed by atoms with Crippen molar-refractivity contribution in [1.82, 2.24) is 9.97 Å². The molecule has 2 heterocycles. The number of pyridine rings is 2. The third kappa shape index (κ3) is 3.97. The van der Waals surface area contributed by atoms with Gasteiger partial charge in [-0.3, -0.25) is 14.7 Å². The van der Waals surface area contributed by atoms with E-state index in [1.807, 2.05) is 24.3 Å². The maximum atomic E-state index is 12.9. The SMILES string of the molecule is O=S(Nc1ccc(-c2cccnc2)c2cccnc12)c1cccc(C(F)(F)F)c1. The highest BCUT2D eigenvalue weighted by molar-refractivity contribution is 7.86. The molecule has 1 N–H and O–H groups in total. The van der Waals surface area contributed by atoms with E-state index in [1.165, 1.54) is 12.1 Å². The van der Waals surface area contributed by atoms with Gasteiger partial charge in [0.15, 0.2) is 0 Å². The van der Waals surface area contributed by atoms with Crippen LogP contribution in [0.5, 0.6) is 0 Å². The van der Waals surface area contributed by atoms with Crippen molar-refractivity contribution >= 4 is 27.6 Å². The minimum atomic E-state index is -4.50. The largest absolute Gasteiger partial charge is 0.416 e. The summed E-state index contributed by atoms with van der Waals surface area (Å²) in [5.41, 5.74) is 1.98. The predicted molar refractivity (Wildman–Crippen MR) is 106 cm³/mol. The molecule has 4 aromatic rings. The predicted octanol–water partition coefficient (Wildman–Crippen LogP) is 5.45. The summed E-state index contributed by atoms with van der Waals surface area (Å²) in [5, 5.41) is 0.812. The van der Waals surface area contributed by atoms with Gasteiger partial charge in [-0.25, -0.2) is 4.21 Å². The Morgan fingerprint density at radius 1 is 0.931 bits per heavy atom. The fourth-order valence-corrected chi connectivity index (χ4v) is 3.89. The van der Waals surface area contributed by atoms with E-state index in [0.717, 1.165) is 28.6 Å². The topological polar surface area (TPSA) is 54.9 Å². The van der Waals surface area contributed by atoms with Gasteiger partial charge in [0, 0.05) is 29.5 Å². The van der Waals surface area contributed by atoms with E-state index < -0.39 is 22.7 Å². The van der Waals surface area contributed by atoms with Gasteiger partial charge in [0.05, 0.1) is 21.7 Å². The number of halogens is 3. The minimum absolute atomic E-state index is 0.0280. The third-order valence-electron chi connectivity index (χ3n) is 4.32. The molecule has 0 amide bonds. The van der Waals surface area contributed by atoms with Crippen LogP contribution < -0.4 is 4.72 Å². The number of hydrogen-bond acceptors (Lipinski definition) is 3. The average molecular weight is 413 g/mol. The number of benzene rings is 2. The molecule has 29 heavy (non-hydrogen) atoms. The number of hydrogen-bond donors (Lipinski definition) is 1. The molecule has 0 bridgehead atoms. The fraction of sp³-hybridized carbons (Fsp3) is 0.0476. The molecular formula is C21H14F3N3OS. The molecule has 0 fully saturated rings. The highest BCUT2D eigenvalue weighted by Crippen LogP contribution is 2.33. The van der Waals surface area contributed by atoms with E-state index >= 15 is 0 Å². The van der Waals surface area contributed by atoms with E-state index in [2.05, 4.69) is 14.7 Å². The third-order valence-corrected chi connectivity index (χ3v) is 5.41. The normalized spacial score (nSPS) is 12.7. The number of nitrogens with zero attached hydrogens (tertiary/aromatic N) is 2. The molecule has 146 valence electrons. The van der Waals surface area contributed by atoms with Crippen molar-refractivity contribution in [1.29, 1.82) is 0 Å². The molecule has 2 aromatic heterocycles. The van der Waals surface area contributed by atoms with E-state index in [4.69, 9.17) is 0 Å². The minimum Gasteiger partial charge on any atom is -0.299 e. The zero-order valence-corrected chi connectivity index (χ0v) is 15.7. The summed E-state index contributed by atoms with van der Waals surface area (Å²) in [7, 11) is -1.89. The Balaban J connectivity index is 1.72. The van der Waals surface area contributed by atoms with Crippen LogP contribution in [0, 0.1) is 0 Å². The van der Waals surface area contributed by atoms with Crippen LogP contribution in [0.2, 0.25) is 0 Å². The molecule has 1 unspecified atom stereocenters. The van der Waals surface area contributed by atoms with Crippen molar-refractivity contribution in [2.45, 2.75) is 11.1 Å². The number of nitrogens with one attached hydrogen (secondary N) is 1. The second-order valence-corrected chi connectivity index (χ2v) is 7.41. The molecule has 4 nitrogen and oxygen atoms in total. The lowest BCUT2D eigenvalue weighted by Crippen LogP contribution is -2.09. The van der Waals surface area contributed by atoms with Gasteiger partial charge in [0.2, 0.25) is 0 Å². The molecule has 0 aliphatic carbocycles. The summed E-state index contributed by atoms with van der Waals surface area (Å²) in [6.07, 6.45) is 0.515. The van der Waals surface area contributed by atoms with Gasteiger partial charge < -0.3 is 0 Å². The highest BCUT2D eigenvalue weighted by Gasteiger charge is 2.30. The molecule has 0 saturated heterocycles. The lowest BCUT2D eigenvalue weighted by Gasteiger charge is -2.13. The Labute approximate surface area is 167 Å². The van der Waals surface area contributed by atoms with Crippen molar-refractivity contribution in [2.24, 2.45) is 0 Å². The van der Waals surface area contributed by atoms with Gasteiger partial charge in [-0.1, -0.05) is 24.3 Å². The van der Waals surface area contributed by atoms with Crippen LogP contribution >= 0.6 is 0 Å². The Kier molecular flexibility index (Phi) is 5.02. The quantitative estimate of drug-likeness (QED) is 0.484. The van der Waals surface area contributed by atoms with Crippen molar-refractivity contribution in [2.75, 3.05) is 4.72 Å². The standard InChI is InChI=1S/C21H14F3N3OS/c22-21(23,24)15-5-1-6-16(12-15)29(28)27-19-9-8-17(14-4-2-10-25-13-14)18-7-3-11-26-20(18)19/h1-13,27H. The van der Waals surface area contributed by atoms with E-state index in [0.29, 0.717) is 11.2 Å². The average Bonchev–Trinajstić information content (AvgIpc) is 2.74. The van der Waals surface area contributed by atoms with Crippen LogP contribution in [0.3, 0.4) is 0 Å². The molecule has 1 atom stereocenters. The summed E-state index contributed by atoms with van der Waals surface area (Å²) in [6, 6.07) is 15.4. The van der Waals surface area contributed by atoms with E-state index in [1.54, 1.807) is 30.7 Å². The van der Waals surface area contributed by atoms with E-state index in [-0.39, 0.29) is 4.90 Å². The molecule has 0 spiro atoms. The second kappa shape index (κ2) is 7.63. The number of alkyl halides is 3. The smallest absolute Gasteiger partial charge is 0.299 e. The molecule has 8 heteroatoms. The molecule has 4 rings (SSSR count). The maximum Gasteiger partial charge on any atom is 0.416 e. The summed E-state index contributed by atoms with van der Waals surface area (Å²) < 4.78 is 54.3. The summed E-state index contributed by atoms with van der Waals surface area (Å²) in [5.74, 6) is 0. The first-order valence-electron chi connectivity index (χ1n) is 8.57. The Hall–Kier alpha value is -3.26. The first-order chi connectivity index (χ1) is 13.9. The van der Waals surface area contributed by atoms with Gasteiger partial charge in [-0.15, -0.1) is 0 Å². The van der Waals surface area contributed by atoms with Crippen LogP contribution in [-0.2, 0) is 17.2 Å². The summed E-state index contributed by atoms with van der Waals surface area (Å²) >= 11 is 0. The maximum absolute atomic E-state index is 12.9. The molecular weight excluding hydrogens is 399 g/mol. The van der Waals surface area contributed by atoms with E-state index in [9.17, 15) is 17.4 Å². The Morgan fingerprint density at radius 3 is 2.52 bits per heavy atom. The molecule has 0 radical (unpaired) electrons. The van der Waals surface area contributed by atoms with Crippen LogP contribution in [0.25, 0.3) is 22.0 Å². The molecule has 2 aromatic carbocycles. The number of rotatable bonds is 4. The highest BCUT2D eigenvalue weighted by atomic mass is 32.2. The zero-order valence-electron chi connectivity index (χ0n) is 14.9. The van der Waals surface area contributed by atoms with Gasteiger partial charge in [0.25, 0.3) is 0 Å². The Morgan fingerprint density at radius 2 is 1.76 bits per heavy atom. The van der Waals surface area contributed by atoms with Crippen molar-refractivity contribution in [3.05, 3.63) is 84.8 Å². The van der Waals surface area contributed by atoms with Crippen molar-refractivity contribution in [3.63, 3.8) is 0 Å². The molecule has 0 saturated carbocycles.